The molecule has 5 heteroatoms. The first-order valence-electron chi connectivity index (χ1n) is 5.12. The number of thiophene rings is 1. The van der Waals surface area contributed by atoms with Gasteiger partial charge in [0.25, 0.3) is 0 Å². The van der Waals surface area contributed by atoms with E-state index in [2.05, 4.69) is 4.98 Å². The molecule has 2 aromatic heterocycles. The third-order valence-electron chi connectivity index (χ3n) is 2.74. The van der Waals surface area contributed by atoms with E-state index >= 15 is 0 Å². The molecule has 2 N–H and O–H groups in total. The van der Waals surface area contributed by atoms with E-state index in [0.29, 0.717) is 5.69 Å². The van der Waals surface area contributed by atoms with E-state index in [4.69, 9.17) is 5.73 Å². The summed E-state index contributed by atoms with van der Waals surface area (Å²) in [5.74, 6) is 0.518. The van der Waals surface area contributed by atoms with E-state index in [9.17, 15) is 4.39 Å². The van der Waals surface area contributed by atoms with Gasteiger partial charge in [-0.15, -0.1) is 11.3 Å². The fraction of sp³-hybridized carbons (Fsp3) is 0.0833. The van der Waals surface area contributed by atoms with Crippen LogP contribution < -0.4 is 5.73 Å². The van der Waals surface area contributed by atoms with Crippen molar-refractivity contribution in [1.29, 1.82) is 0 Å². The summed E-state index contributed by atoms with van der Waals surface area (Å²) in [6, 6.07) is 6.42. The summed E-state index contributed by atoms with van der Waals surface area (Å²) in [5, 5.41) is 1.92. The van der Waals surface area contributed by atoms with Crippen molar-refractivity contribution in [2.45, 2.75) is 0 Å². The van der Waals surface area contributed by atoms with Gasteiger partial charge in [0.15, 0.2) is 5.82 Å². The Labute approximate surface area is 101 Å². The zero-order valence-corrected chi connectivity index (χ0v) is 9.96. The summed E-state index contributed by atoms with van der Waals surface area (Å²) in [7, 11) is 1.86. The van der Waals surface area contributed by atoms with Gasteiger partial charge >= 0.3 is 0 Å². The number of hydrogen-bond donors (Lipinski definition) is 1. The van der Waals surface area contributed by atoms with Crippen molar-refractivity contribution in [3.05, 3.63) is 35.5 Å². The number of fused-ring (bicyclic) bond motifs is 1. The summed E-state index contributed by atoms with van der Waals surface area (Å²) >= 11 is 1.53. The summed E-state index contributed by atoms with van der Waals surface area (Å²) in [6.07, 6.45) is 0. The molecule has 1 aromatic carbocycles. The average molecular weight is 247 g/mol. The summed E-state index contributed by atoms with van der Waals surface area (Å²) < 4.78 is 15.0. The largest absolute Gasteiger partial charge is 0.397 e. The molecule has 3 rings (SSSR count). The van der Waals surface area contributed by atoms with Gasteiger partial charge in [-0.1, -0.05) is 0 Å². The number of halogens is 1. The molecule has 3 nitrogen and oxygen atoms in total. The molecule has 0 atom stereocenters. The molecule has 0 fully saturated rings. The molecule has 0 unspecified atom stereocenters. The minimum absolute atomic E-state index is 0.258. The zero-order valence-electron chi connectivity index (χ0n) is 9.14. The maximum atomic E-state index is 13.2. The van der Waals surface area contributed by atoms with E-state index < -0.39 is 0 Å². The third kappa shape index (κ3) is 1.51. The Morgan fingerprint density at radius 2 is 2.18 bits per heavy atom. The van der Waals surface area contributed by atoms with E-state index in [0.717, 1.165) is 21.7 Å². The first-order chi connectivity index (χ1) is 8.16. The van der Waals surface area contributed by atoms with Crippen LogP contribution in [0, 0.1) is 5.82 Å². The average Bonchev–Trinajstić information content (AvgIpc) is 2.84. The summed E-state index contributed by atoms with van der Waals surface area (Å²) in [5.41, 5.74) is 8.12. The fourth-order valence-electron chi connectivity index (χ4n) is 1.87. The SMILES string of the molecule is Cn1c(-c2sccc2N)nc2ccc(F)cc21. The first-order valence-corrected chi connectivity index (χ1v) is 6.00. The number of nitrogens with zero attached hydrogens (tertiary/aromatic N) is 2. The molecule has 0 saturated heterocycles. The molecule has 0 aliphatic heterocycles. The lowest BCUT2D eigenvalue weighted by Gasteiger charge is -2.00. The van der Waals surface area contributed by atoms with Crippen LogP contribution in [0.25, 0.3) is 21.7 Å². The number of nitrogen functional groups attached to an aromatic ring is 1. The maximum absolute atomic E-state index is 13.2. The van der Waals surface area contributed by atoms with Gasteiger partial charge < -0.3 is 10.3 Å². The minimum Gasteiger partial charge on any atom is -0.397 e. The third-order valence-corrected chi connectivity index (χ3v) is 3.67. The predicted molar refractivity (Wildman–Crippen MR) is 68.4 cm³/mol. The normalized spacial score (nSPS) is 11.2. The van der Waals surface area contributed by atoms with Crippen LogP contribution in [-0.4, -0.2) is 9.55 Å². The summed E-state index contributed by atoms with van der Waals surface area (Å²) in [4.78, 5) is 5.40. The Kier molecular flexibility index (Phi) is 2.16. The highest BCUT2D eigenvalue weighted by Crippen LogP contribution is 2.32. The van der Waals surface area contributed by atoms with Crippen LogP contribution in [0.4, 0.5) is 10.1 Å². The van der Waals surface area contributed by atoms with Gasteiger partial charge in [-0.25, -0.2) is 9.37 Å². The van der Waals surface area contributed by atoms with Gasteiger partial charge in [0.2, 0.25) is 0 Å². The summed E-state index contributed by atoms with van der Waals surface area (Å²) in [6.45, 7) is 0. The molecule has 3 aromatic rings. The van der Waals surface area contributed by atoms with Crippen LogP contribution in [0.2, 0.25) is 0 Å². The number of anilines is 1. The molecule has 0 saturated carbocycles. The smallest absolute Gasteiger partial charge is 0.153 e. The van der Waals surface area contributed by atoms with Gasteiger partial charge in [-0.2, -0.15) is 0 Å². The number of imidazole rings is 1. The number of benzene rings is 1. The lowest BCUT2D eigenvalue weighted by molar-refractivity contribution is 0.629. The van der Waals surface area contributed by atoms with Crippen LogP contribution >= 0.6 is 11.3 Å². The Balaban J connectivity index is 2.32. The lowest BCUT2D eigenvalue weighted by Crippen LogP contribution is -1.93. The number of nitrogens with two attached hydrogens (primary N) is 1. The van der Waals surface area contributed by atoms with Gasteiger partial charge in [0.05, 0.1) is 21.6 Å². The van der Waals surface area contributed by atoms with Crippen molar-refractivity contribution >= 4 is 28.1 Å². The van der Waals surface area contributed by atoms with Crippen molar-refractivity contribution in [2.24, 2.45) is 7.05 Å². The molecule has 17 heavy (non-hydrogen) atoms. The molecule has 0 radical (unpaired) electrons. The molecular formula is C12H10FN3S. The van der Waals surface area contributed by atoms with Gasteiger partial charge in [0, 0.05) is 7.05 Å². The second-order valence-electron chi connectivity index (χ2n) is 3.83. The van der Waals surface area contributed by atoms with E-state index in [1.54, 1.807) is 6.07 Å². The highest BCUT2D eigenvalue weighted by atomic mass is 32.1. The van der Waals surface area contributed by atoms with Crippen LogP contribution in [0.1, 0.15) is 0 Å². The number of rotatable bonds is 1. The zero-order chi connectivity index (χ0) is 12.0. The molecule has 86 valence electrons. The van der Waals surface area contributed by atoms with Crippen molar-refractivity contribution in [3.63, 3.8) is 0 Å². The second-order valence-corrected chi connectivity index (χ2v) is 4.75. The topological polar surface area (TPSA) is 43.8 Å². The van der Waals surface area contributed by atoms with Crippen molar-refractivity contribution < 1.29 is 4.39 Å². The lowest BCUT2D eigenvalue weighted by atomic mass is 10.3. The first kappa shape index (κ1) is 10.3. The Morgan fingerprint density at radius 3 is 2.88 bits per heavy atom. The highest BCUT2D eigenvalue weighted by Gasteiger charge is 2.13. The van der Waals surface area contributed by atoms with Crippen LogP contribution in [-0.2, 0) is 7.05 Å². The van der Waals surface area contributed by atoms with E-state index in [1.807, 2.05) is 23.1 Å². The van der Waals surface area contributed by atoms with Gasteiger partial charge in [-0.3, -0.25) is 0 Å². The van der Waals surface area contributed by atoms with Crippen LogP contribution in [0.15, 0.2) is 29.6 Å². The number of hydrogen-bond acceptors (Lipinski definition) is 3. The Hall–Kier alpha value is -1.88. The number of aromatic nitrogens is 2. The minimum atomic E-state index is -0.258. The van der Waals surface area contributed by atoms with Crippen molar-refractivity contribution in [1.82, 2.24) is 9.55 Å². The van der Waals surface area contributed by atoms with Gasteiger partial charge in [-0.05, 0) is 29.6 Å². The standard InChI is InChI=1S/C12H10FN3S/c1-16-10-6-7(13)2-3-9(10)15-12(16)11-8(14)4-5-17-11/h2-6H,14H2,1H3. The molecule has 0 spiro atoms. The van der Waals surface area contributed by atoms with E-state index in [-0.39, 0.29) is 5.82 Å². The quantitative estimate of drug-likeness (QED) is 0.718. The van der Waals surface area contributed by atoms with Gasteiger partial charge in [0.1, 0.15) is 5.82 Å². The Morgan fingerprint density at radius 1 is 1.35 bits per heavy atom. The Bertz CT molecular complexity index is 699. The fourth-order valence-corrected chi connectivity index (χ4v) is 2.71. The second kappa shape index (κ2) is 3.56. The van der Waals surface area contributed by atoms with E-state index in [1.165, 1.54) is 23.5 Å². The molecular weight excluding hydrogens is 237 g/mol. The molecule has 0 amide bonds. The van der Waals surface area contributed by atoms with Crippen LogP contribution in [0.5, 0.6) is 0 Å². The molecule has 0 aliphatic carbocycles. The van der Waals surface area contributed by atoms with Crippen molar-refractivity contribution in [2.75, 3.05) is 5.73 Å². The number of aryl methyl sites for hydroxylation is 1. The highest BCUT2D eigenvalue weighted by molar-refractivity contribution is 7.14. The molecule has 0 aliphatic rings. The monoisotopic (exact) mass is 247 g/mol. The molecule has 0 bridgehead atoms. The maximum Gasteiger partial charge on any atom is 0.153 e. The van der Waals surface area contributed by atoms with Crippen molar-refractivity contribution in [3.8, 4) is 10.7 Å². The molecule has 2 heterocycles. The predicted octanol–water partition coefficient (Wildman–Crippen LogP) is 3.02. The van der Waals surface area contributed by atoms with Crippen LogP contribution in [0.3, 0.4) is 0 Å².